The van der Waals surface area contributed by atoms with Crippen LogP contribution in [-0.4, -0.2) is 38.1 Å². The van der Waals surface area contributed by atoms with Gasteiger partial charge in [0.05, 0.1) is 26.9 Å². The summed E-state index contributed by atoms with van der Waals surface area (Å²) >= 11 is 0. The van der Waals surface area contributed by atoms with Crippen molar-refractivity contribution in [2.75, 3.05) is 21.3 Å². The van der Waals surface area contributed by atoms with Crippen LogP contribution in [0.25, 0.3) is 6.08 Å². The Bertz CT molecular complexity index is 1090. The van der Waals surface area contributed by atoms with Crippen molar-refractivity contribution in [1.29, 1.82) is 0 Å². The van der Waals surface area contributed by atoms with E-state index < -0.39 is 11.8 Å². The van der Waals surface area contributed by atoms with Crippen molar-refractivity contribution in [2.45, 2.75) is 0 Å². The van der Waals surface area contributed by atoms with Crippen molar-refractivity contribution < 1.29 is 28.5 Å². The number of methoxy groups -OCH3 is 3. The predicted octanol–water partition coefficient (Wildman–Crippen LogP) is 4.22. The molecule has 0 aliphatic rings. The topological polar surface area (TPSA) is 84.0 Å². The zero-order chi connectivity index (χ0) is 22.2. The fourth-order valence-corrected chi connectivity index (χ4v) is 2.78. The lowest BCUT2D eigenvalue weighted by atomic mass is 10.1. The normalized spacial score (nSPS) is 10.5. The van der Waals surface area contributed by atoms with Gasteiger partial charge in [0, 0.05) is 24.5 Å². The SMILES string of the molecule is COc1ccc(C=CC(=O)c2c(OC)cc(OC)cc2OC(=O)c2cccnc2)cc1. The number of hydrogen-bond acceptors (Lipinski definition) is 7. The average Bonchev–Trinajstić information content (AvgIpc) is 2.82. The molecule has 0 amide bonds. The first-order valence-corrected chi connectivity index (χ1v) is 9.30. The highest BCUT2D eigenvalue weighted by atomic mass is 16.5. The second-order valence-electron chi connectivity index (χ2n) is 6.30. The Morgan fingerprint density at radius 3 is 2.19 bits per heavy atom. The first-order valence-electron chi connectivity index (χ1n) is 9.30. The highest BCUT2D eigenvalue weighted by Gasteiger charge is 2.22. The van der Waals surface area contributed by atoms with Crippen molar-refractivity contribution in [3.8, 4) is 23.0 Å². The van der Waals surface area contributed by atoms with E-state index in [9.17, 15) is 9.59 Å². The zero-order valence-corrected chi connectivity index (χ0v) is 17.3. The van der Waals surface area contributed by atoms with Gasteiger partial charge in [0.15, 0.2) is 5.78 Å². The number of esters is 1. The summed E-state index contributed by atoms with van der Waals surface area (Å²) in [7, 11) is 4.47. The van der Waals surface area contributed by atoms with Gasteiger partial charge in [0.1, 0.15) is 28.6 Å². The lowest BCUT2D eigenvalue weighted by Crippen LogP contribution is -2.12. The molecule has 0 saturated heterocycles. The molecule has 7 heteroatoms. The Morgan fingerprint density at radius 1 is 0.871 bits per heavy atom. The maximum absolute atomic E-state index is 13.0. The van der Waals surface area contributed by atoms with E-state index in [1.807, 2.05) is 12.1 Å². The van der Waals surface area contributed by atoms with Crippen LogP contribution in [0.3, 0.4) is 0 Å². The summed E-state index contributed by atoms with van der Waals surface area (Å²) in [6.07, 6.45) is 5.96. The Labute approximate surface area is 179 Å². The van der Waals surface area contributed by atoms with Gasteiger partial charge in [-0.15, -0.1) is 0 Å². The van der Waals surface area contributed by atoms with Crippen molar-refractivity contribution in [3.63, 3.8) is 0 Å². The highest BCUT2D eigenvalue weighted by Crippen LogP contribution is 2.35. The molecule has 3 aromatic rings. The van der Waals surface area contributed by atoms with Crippen LogP contribution in [0.5, 0.6) is 23.0 Å². The lowest BCUT2D eigenvalue weighted by Gasteiger charge is -2.14. The van der Waals surface area contributed by atoms with Gasteiger partial charge in [-0.1, -0.05) is 18.2 Å². The fourth-order valence-electron chi connectivity index (χ4n) is 2.78. The van der Waals surface area contributed by atoms with Crippen LogP contribution < -0.4 is 18.9 Å². The lowest BCUT2D eigenvalue weighted by molar-refractivity contribution is 0.0732. The van der Waals surface area contributed by atoms with Gasteiger partial charge in [-0.25, -0.2) is 4.79 Å². The number of pyridine rings is 1. The van der Waals surface area contributed by atoms with Gasteiger partial charge in [0.25, 0.3) is 0 Å². The molecule has 0 unspecified atom stereocenters. The van der Waals surface area contributed by atoms with Gasteiger partial charge >= 0.3 is 5.97 Å². The standard InChI is InChI=1S/C24H21NO6/c1-28-18-9-6-16(7-10-18)8-11-20(26)23-21(30-3)13-19(29-2)14-22(23)31-24(27)17-5-4-12-25-15-17/h4-15H,1-3H3. The van der Waals surface area contributed by atoms with Gasteiger partial charge in [-0.3, -0.25) is 9.78 Å². The van der Waals surface area contributed by atoms with Crippen molar-refractivity contribution in [2.24, 2.45) is 0 Å². The van der Waals surface area contributed by atoms with E-state index in [1.165, 1.54) is 32.6 Å². The van der Waals surface area contributed by atoms with Gasteiger partial charge < -0.3 is 18.9 Å². The van der Waals surface area contributed by atoms with Gasteiger partial charge in [-0.05, 0) is 35.9 Å². The van der Waals surface area contributed by atoms with E-state index in [-0.39, 0.29) is 22.6 Å². The van der Waals surface area contributed by atoms with Gasteiger partial charge in [-0.2, -0.15) is 0 Å². The number of ketones is 1. The van der Waals surface area contributed by atoms with Crippen LogP contribution in [0.2, 0.25) is 0 Å². The molecule has 0 spiro atoms. The van der Waals surface area contributed by atoms with Crippen LogP contribution in [0, 0.1) is 0 Å². The summed E-state index contributed by atoms with van der Waals surface area (Å²) in [4.78, 5) is 29.5. The van der Waals surface area contributed by atoms with E-state index >= 15 is 0 Å². The Kier molecular flexibility index (Phi) is 7.01. The minimum atomic E-state index is -0.656. The molecule has 0 N–H and O–H groups in total. The Hall–Kier alpha value is -4.13. The number of ether oxygens (including phenoxy) is 4. The largest absolute Gasteiger partial charge is 0.497 e. The number of aromatic nitrogens is 1. The van der Waals surface area contributed by atoms with Crippen molar-refractivity contribution in [1.82, 2.24) is 4.98 Å². The molecule has 0 atom stereocenters. The fraction of sp³-hybridized carbons (Fsp3) is 0.125. The third kappa shape index (κ3) is 5.27. The second-order valence-corrected chi connectivity index (χ2v) is 6.30. The highest BCUT2D eigenvalue weighted by molar-refractivity contribution is 6.11. The van der Waals surface area contributed by atoms with E-state index in [2.05, 4.69) is 4.98 Å². The summed E-state index contributed by atoms with van der Waals surface area (Å²) in [5, 5.41) is 0. The van der Waals surface area contributed by atoms with Crippen LogP contribution in [0.4, 0.5) is 0 Å². The molecule has 0 aliphatic heterocycles. The molecule has 158 valence electrons. The van der Waals surface area contributed by atoms with Crippen molar-refractivity contribution >= 4 is 17.8 Å². The van der Waals surface area contributed by atoms with E-state index in [0.717, 1.165) is 5.56 Å². The number of benzene rings is 2. The first kappa shape index (κ1) is 21.6. The van der Waals surface area contributed by atoms with Crippen LogP contribution >= 0.6 is 0 Å². The Balaban J connectivity index is 1.95. The number of allylic oxidation sites excluding steroid dienone is 1. The average molecular weight is 419 g/mol. The number of carbonyl (C=O) groups is 2. The third-order valence-corrected chi connectivity index (χ3v) is 4.38. The molecule has 1 heterocycles. The van der Waals surface area contributed by atoms with Crippen LogP contribution in [0.1, 0.15) is 26.3 Å². The summed E-state index contributed by atoms with van der Waals surface area (Å²) in [5.41, 5.74) is 1.15. The quantitative estimate of drug-likeness (QED) is 0.234. The Morgan fingerprint density at radius 2 is 1.58 bits per heavy atom. The zero-order valence-electron chi connectivity index (χ0n) is 17.3. The smallest absolute Gasteiger partial charge is 0.345 e. The van der Waals surface area contributed by atoms with E-state index in [1.54, 1.807) is 49.7 Å². The predicted molar refractivity (Wildman–Crippen MR) is 115 cm³/mol. The summed E-state index contributed by atoms with van der Waals surface area (Å²) in [6.45, 7) is 0. The monoisotopic (exact) mass is 419 g/mol. The number of nitrogens with zero attached hydrogens (tertiary/aromatic N) is 1. The summed E-state index contributed by atoms with van der Waals surface area (Å²) in [6, 6.07) is 13.4. The number of carbonyl (C=O) groups excluding carboxylic acids is 2. The number of rotatable bonds is 8. The van der Waals surface area contributed by atoms with E-state index in [0.29, 0.717) is 11.5 Å². The molecule has 0 saturated carbocycles. The molecular formula is C24H21NO6. The molecule has 0 aliphatic carbocycles. The molecule has 0 radical (unpaired) electrons. The molecule has 31 heavy (non-hydrogen) atoms. The maximum atomic E-state index is 13.0. The van der Waals surface area contributed by atoms with Crippen molar-refractivity contribution in [3.05, 3.63) is 83.7 Å². The molecular weight excluding hydrogens is 398 g/mol. The molecule has 0 fully saturated rings. The maximum Gasteiger partial charge on any atom is 0.345 e. The minimum absolute atomic E-state index is 0.0226. The summed E-state index contributed by atoms with van der Waals surface area (Å²) < 4.78 is 21.3. The summed E-state index contributed by atoms with van der Waals surface area (Å²) in [5.74, 6) is 0.277. The van der Waals surface area contributed by atoms with Crippen LogP contribution in [-0.2, 0) is 0 Å². The second kappa shape index (κ2) is 10.1. The third-order valence-electron chi connectivity index (χ3n) is 4.38. The molecule has 1 aromatic heterocycles. The van der Waals surface area contributed by atoms with E-state index in [4.69, 9.17) is 18.9 Å². The molecule has 0 bridgehead atoms. The molecule has 2 aromatic carbocycles. The van der Waals surface area contributed by atoms with Crippen LogP contribution in [0.15, 0.2) is 67.0 Å². The first-order chi connectivity index (χ1) is 15.0. The minimum Gasteiger partial charge on any atom is -0.497 e. The molecule has 7 nitrogen and oxygen atoms in total. The molecule has 3 rings (SSSR count). The number of hydrogen-bond donors (Lipinski definition) is 0. The van der Waals surface area contributed by atoms with Gasteiger partial charge in [0.2, 0.25) is 0 Å².